The van der Waals surface area contributed by atoms with Crippen LogP contribution >= 0.6 is 0 Å². The molecule has 3 nitrogen and oxygen atoms in total. The largest absolute Gasteiger partial charge is 0.469 e. The summed E-state index contributed by atoms with van der Waals surface area (Å²) >= 11 is 0. The van der Waals surface area contributed by atoms with E-state index in [-0.39, 0.29) is 23.9 Å². The molecule has 1 rings (SSSR count). The lowest BCUT2D eigenvalue weighted by Crippen LogP contribution is -2.13. The number of methoxy groups -OCH3 is 1. The first kappa shape index (κ1) is 8.53. The molecule has 0 aromatic carbocycles. The van der Waals surface area contributed by atoms with Crippen molar-refractivity contribution in [2.24, 2.45) is 11.8 Å². The van der Waals surface area contributed by atoms with Gasteiger partial charge >= 0.3 is 5.97 Å². The van der Waals surface area contributed by atoms with Crippen LogP contribution in [0.25, 0.3) is 0 Å². The fourth-order valence-electron chi connectivity index (χ4n) is 1.59. The summed E-state index contributed by atoms with van der Waals surface area (Å²) in [7, 11) is 1.39. The normalized spacial score (nSPS) is 37.2. The molecule has 2 unspecified atom stereocenters. The molecule has 0 aromatic heterocycles. The maximum Gasteiger partial charge on any atom is 0.308 e. The lowest BCUT2D eigenvalue weighted by molar-refractivity contribution is -0.145. The van der Waals surface area contributed by atoms with Crippen LogP contribution < -0.4 is 0 Å². The molecule has 0 aliphatic heterocycles. The van der Waals surface area contributed by atoms with E-state index in [2.05, 4.69) is 4.74 Å². The van der Waals surface area contributed by atoms with Crippen LogP contribution in [0.2, 0.25) is 0 Å². The minimum absolute atomic E-state index is 0.0787. The van der Waals surface area contributed by atoms with Crippen LogP contribution in [0.4, 0.5) is 0 Å². The van der Waals surface area contributed by atoms with E-state index in [0.717, 1.165) is 6.42 Å². The Labute approximate surface area is 66.4 Å². The highest BCUT2D eigenvalue weighted by Gasteiger charge is 2.34. The predicted octanol–water partition coefficient (Wildman–Crippen LogP) is 0.566. The van der Waals surface area contributed by atoms with Gasteiger partial charge in [0.2, 0.25) is 0 Å². The third-order valence-corrected chi connectivity index (χ3v) is 2.37. The van der Waals surface area contributed by atoms with Crippen molar-refractivity contribution < 1.29 is 14.6 Å². The highest BCUT2D eigenvalue weighted by Crippen LogP contribution is 2.31. The van der Waals surface area contributed by atoms with E-state index in [1.165, 1.54) is 7.11 Å². The summed E-state index contributed by atoms with van der Waals surface area (Å²) < 4.78 is 4.58. The Bertz CT molecular complexity index is 145. The Balaban J connectivity index is 2.46. The molecule has 0 aromatic rings. The Morgan fingerprint density at radius 2 is 2.18 bits per heavy atom. The molecule has 0 amide bonds. The summed E-state index contributed by atoms with van der Waals surface area (Å²) in [5, 5.41) is 9.30. The lowest BCUT2D eigenvalue weighted by atomic mass is 10.1. The van der Waals surface area contributed by atoms with Crippen molar-refractivity contribution in [3.05, 3.63) is 0 Å². The van der Waals surface area contributed by atoms with Gasteiger partial charge in [0.05, 0.1) is 19.1 Å². The molecule has 1 N–H and O–H groups in total. The smallest absolute Gasteiger partial charge is 0.308 e. The average molecular weight is 158 g/mol. The number of aliphatic hydroxyl groups excluding tert-OH is 1. The van der Waals surface area contributed by atoms with E-state index in [4.69, 9.17) is 0 Å². The molecule has 64 valence electrons. The summed E-state index contributed by atoms with van der Waals surface area (Å²) in [6, 6.07) is 0. The number of carbonyl (C=O) groups is 1. The number of hydrogen-bond acceptors (Lipinski definition) is 3. The van der Waals surface area contributed by atoms with Gasteiger partial charge in [-0.25, -0.2) is 0 Å². The number of esters is 1. The second-order valence-corrected chi connectivity index (χ2v) is 3.24. The lowest BCUT2D eigenvalue weighted by Gasteiger charge is -2.04. The number of rotatable bonds is 1. The SMILES string of the molecule is COC(=O)[C@H]1CC(C)C(O)C1. The number of hydrogen-bond donors (Lipinski definition) is 1. The minimum Gasteiger partial charge on any atom is -0.469 e. The van der Waals surface area contributed by atoms with Gasteiger partial charge in [0.15, 0.2) is 0 Å². The van der Waals surface area contributed by atoms with Crippen molar-refractivity contribution in [3.63, 3.8) is 0 Å². The van der Waals surface area contributed by atoms with Crippen LogP contribution in [0.1, 0.15) is 19.8 Å². The second-order valence-electron chi connectivity index (χ2n) is 3.24. The van der Waals surface area contributed by atoms with Crippen molar-refractivity contribution in [1.82, 2.24) is 0 Å². The van der Waals surface area contributed by atoms with Gasteiger partial charge in [0.1, 0.15) is 0 Å². The summed E-state index contributed by atoms with van der Waals surface area (Å²) in [5.74, 6) is -0.0301. The molecule has 1 fully saturated rings. The van der Waals surface area contributed by atoms with Gasteiger partial charge in [-0.3, -0.25) is 4.79 Å². The van der Waals surface area contributed by atoms with E-state index < -0.39 is 0 Å². The first-order chi connectivity index (χ1) is 5.15. The summed E-state index contributed by atoms with van der Waals surface area (Å²) in [4.78, 5) is 11.0. The number of aliphatic hydroxyl groups is 1. The topological polar surface area (TPSA) is 46.5 Å². The molecular weight excluding hydrogens is 144 g/mol. The van der Waals surface area contributed by atoms with E-state index >= 15 is 0 Å². The van der Waals surface area contributed by atoms with Crippen molar-refractivity contribution in [2.45, 2.75) is 25.9 Å². The predicted molar refractivity (Wildman–Crippen MR) is 39.9 cm³/mol. The molecule has 0 heterocycles. The first-order valence-corrected chi connectivity index (χ1v) is 3.91. The molecule has 3 heteroatoms. The van der Waals surface area contributed by atoms with Crippen molar-refractivity contribution in [1.29, 1.82) is 0 Å². The number of carbonyl (C=O) groups excluding carboxylic acids is 1. The quantitative estimate of drug-likeness (QED) is 0.567. The van der Waals surface area contributed by atoms with Crippen LogP contribution in [0.15, 0.2) is 0 Å². The Morgan fingerprint density at radius 3 is 2.55 bits per heavy atom. The molecule has 1 aliphatic carbocycles. The van der Waals surface area contributed by atoms with Crippen LogP contribution in [-0.2, 0) is 9.53 Å². The molecule has 11 heavy (non-hydrogen) atoms. The maximum atomic E-state index is 11.0. The molecule has 1 saturated carbocycles. The molecule has 0 radical (unpaired) electrons. The van der Waals surface area contributed by atoms with E-state index in [0.29, 0.717) is 6.42 Å². The standard InChI is InChI=1S/C8H14O3/c1-5-3-6(4-7(5)9)8(10)11-2/h5-7,9H,3-4H2,1-2H3/t5?,6-,7?/m0/s1. The highest BCUT2D eigenvalue weighted by molar-refractivity contribution is 5.72. The van der Waals surface area contributed by atoms with Gasteiger partial charge < -0.3 is 9.84 Å². The zero-order valence-electron chi connectivity index (χ0n) is 6.91. The first-order valence-electron chi connectivity index (χ1n) is 3.91. The zero-order chi connectivity index (χ0) is 8.43. The van der Waals surface area contributed by atoms with Gasteiger partial charge in [-0.2, -0.15) is 0 Å². The fraction of sp³-hybridized carbons (Fsp3) is 0.875. The average Bonchev–Trinajstić information content (AvgIpc) is 2.31. The van der Waals surface area contributed by atoms with Gasteiger partial charge in [-0.1, -0.05) is 6.92 Å². The molecule has 1 aliphatic rings. The van der Waals surface area contributed by atoms with Gasteiger partial charge in [0.25, 0.3) is 0 Å². The van der Waals surface area contributed by atoms with Gasteiger partial charge in [-0.05, 0) is 18.8 Å². The van der Waals surface area contributed by atoms with E-state index in [9.17, 15) is 9.90 Å². The molecule has 0 spiro atoms. The monoisotopic (exact) mass is 158 g/mol. The molecule has 0 saturated heterocycles. The summed E-state index contributed by atoms with van der Waals surface area (Å²) in [6.45, 7) is 1.95. The second kappa shape index (κ2) is 3.22. The fourth-order valence-corrected chi connectivity index (χ4v) is 1.59. The zero-order valence-corrected chi connectivity index (χ0v) is 6.91. The van der Waals surface area contributed by atoms with Crippen LogP contribution in [0.5, 0.6) is 0 Å². The Morgan fingerprint density at radius 1 is 1.55 bits per heavy atom. The van der Waals surface area contributed by atoms with Crippen molar-refractivity contribution in [2.75, 3.05) is 7.11 Å². The summed E-state index contributed by atoms with van der Waals surface area (Å²) in [6.07, 6.45) is 1.00. The molecule has 3 atom stereocenters. The highest BCUT2D eigenvalue weighted by atomic mass is 16.5. The van der Waals surface area contributed by atoms with E-state index in [1.54, 1.807) is 0 Å². The van der Waals surface area contributed by atoms with Gasteiger partial charge in [0, 0.05) is 0 Å². The minimum atomic E-state index is -0.320. The molecule has 0 bridgehead atoms. The molecular formula is C8H14O3. The van der Waals surface area contributed by atoms with Crippen LogP contribution in [0.3, 0.4) is 0 Å². The third kappa shape index (κ3) is 1.71. The Hall–Kier alpha value is -0.570. The van der Waals surface area contributed by atoms with Crippen molar-refractivity contribution in [3.8, 4) is 0 Å². The van der Waals surface area contributed by atoms with Crippen LogP contribution in [-0.4, -0.2) is 24.3 Å². The van der Waals surface area contributed by atoms with E-state index in [1.807, 2.05) is 6.92 Å². The van der Waals surface area contributed by atoms with Gasteiger partial charge in [-0.15, -0.1) is 0 Å². The van der Waals surface area contributed by atoms with Crippen LogP contribution in [0, 0.1) is 11.8 Å². The summed E-state index contributed by atoms with van der Waals surface area (Å²) in [5.41, 5.74) is 0. The number of ether oxygens (including phenoxy) is 1. The third-order valence-electron chi connectivity index (χ3n) is 2.37. The van der Waals surface area contributed by atoms with Crippen molar-refractivity contribution >= 4 is 5.97 Å². The Kier molecular flexibility index (Phi) is 2.49. The maximum absolute atomic E-state index is 11.0.